The lowest BCUT2D eigenvalue weighted by Gasteiger charge is -2.17. The van der Waals surface area contributed by atoms with Crippen molar-refractivity contribution in [1.29, 1.82) is 0 Å². The van der Waals surface area contributed by atoms with Crippen molar-refractivity contribution in [2.45, 2.75) is 32.4 Å². The molecule has 2 N–H and O–H groups in total. The molecule has 2 amide bonds. The normalized spacial score (nSPS) is 12.7. The molecule has 0 saturated heterocycles. The van der Waals surface area contributed by atoms with Crippen LogP contribution in [0.1, 0.15) is 26.5 Å². The van der Waals surface area contributed by atoms with Gasteiger partial charge in [-0.25, -0.2) is 9.78 Å². The molecule has 0 spiro atoms. The number of carbonyl (C=O) groups is 1. The summed E-state index contributed by atoms with van der Waals surface area (Å²) < 4.78 is 17.0. The Morgan fingerprint density at radius 1 is 1.33 bits per heavy atom. The molecule has 0 radical (unpaired) electrons. The van der Waals surface area contributed by atoms with Crippen molar-refractivity contribution < 1.29 is 13.4 Å². The number of urea groups is 1. The number of aryl methyl sites for hydroxylation is 1. The van der Waals surface area contributed by atoms with Gasteiger partial charge in [0.05, 0.1) is 5.69 Å². The number of hydrogen-bond acceptors (Lipinski definition) is 4. The molecular weight excluding hydrogens is 326 g/mol. The Labute approximate surface area is 144 Å². The molecule has 0 aliphatic heterocycles. The van der Waals surface area contributed by atoms with Crippen molar-refractivity contribution >= 4 is 22.5 Å². The minimum absolute atomic E-state index is 0.277. The van der Waals surface area contributed by atoms with Crippen LogP contribution >= 0.6 is 0 Å². The minimum atomic E-state index is -0.990. The Bertz CT molecular complexity index is 735. The fourth-order valence-electron chi connectivity index (χ4n) is 1.96. The number of amides is 2. The zero-order valence-electron chi connectivity index (χ0n) is 14.4. The van der Waals surface area contributed by atoms with E-state index in [1.165, 1.54) is 0 Å². The van der Waals surface area contributed by atoms with Crippen LogP contribution in [0.3, 0.4) is 0 Å². The summed E-state index contributed by atoms with van der Waals surface area (Å²) in [4.78, 5) is 16.2. The number of oxazole rings is 1. The standard InChI is InChI=1S/C17H23N3O3S/c1-12-11-23-15(19-12)13-6-5-7-14(10-13)20-16(21)18-8-9-24(22)17(2,3)4/h5-7,10-11H,8-9H2,1-4H3,(H2,18,20,21)/t24-/m0/s1. The van der Waals surface area contributed by atoms with Gasteiger partial charge in [0.15, 0.2) is 0 Å². The zero-order valence-corrected chi connectivity index (χ0v) is 15.2. The van der Waals surface area contributed by atoms with Crippen molar-refractivity contribution in [2.24, 2.45) is 0 Å². The molecule has 0 fully saturated rings. The van der Waals surface area contributed by atoms with E-state index < -0.39 is 10.8 Å². The zero-order chi connectivity index (χ0) is 17.7. The number of nitrogens with zero attached hydrogens (tertiary/aromatic N) is 1. The lowest BCUT2D eigenvalue weighted by Crippen LogP contribution is -2.35. The van der Waals surface area contributed by atoms with Crippen molar-refractivity contribution in [1.82, 2.24) is 10.3 Å². The van der Waals surface area contributed by atoms with Crippen molar-refractivity contribution in [3.8, 4) is 11.5 Å². The largest absolute Gasteiger partial charge is 0.444 e. The second-order valence-corrected chi connectivity index (χ2v) is 8.74. The van der Waals surface area contributed by atoms with E-state index in [0.717, 1.165) is 11.3 Å². The first-order valence-electron chi connectivity index (χ1n) is 7.71. The summed E-state index contributed by atoms with van der Waals surface area (Å²) in [6.07, 6.45) is 1.58. The second kappa shape index (κ2) is 7.61. The van der Waals surface area contributed by atoms with E-state index in [2.05, 4.69) is 15.6 Å². The number of anilines is 1. The highest BCUT2D eigenvalue weighted by atomic mass is 32.2. The summed E-state index contributed by atoms with van der Waals surface area (Å²) in [6.45, 7) is 7.95. The Hall–Kier alpha value is -2.15. The van der Waals surface area contributed by atoms with E-state index >= 15 is 0 Å². The lowest BCUT2D eigenvalue weighted by atomic mass is 10.2. The average molecular weight is 349 g/mol. The number of hydrogen-bond donors (Lipinski definition) is 2. The first kappa shape index (κ1) is 18.2. The van der Waals surface area contributed by atoms with Gasteiger partial charge in [0.25, 0.3) is 0 Å². The van der Waals surface area contributed by atoms with Crippen LogP contribution in [0.4, 0.5) is 10.5 Å². The van der Waals surface area contributed by atoms with Gasteiger partial charge in [-0.1, -0.05) is 6.07 Å². The molecule has 1 aromatic carbocycles. The summed E-state index contributed by atoms with van der Waals surface area (Å²) in [7, 11) is -0.990. The van der Waals surface area contributed by atoms with Crippen LogP contribution in [0.15, 0.2) is 34.9 Å². The average Bonchev–Trinajstić information content (AvgIpc) is 2.93. The highest BCUT2D eigenvalue weighted by Crippen LogP contribution is 2.21. The van der Waals surface area contributed by atoms with Gasteiger partial charge in [-0.3, -0.25) is 4.21 Å². The number of aromatic nitrogens is 1. The van der Waals surface area contributed by atoms with E-state index in [-0.39, 0.29) is 10.8 Å². The fraction of sp³-hybridized carbons (Fsp3) is 0.412. The van der Waals surface area contributed by atoms with Gasteiger partial charge >= 0.3 is 6.03 Å². The third kappa shape index (κ3) is 5.19. The molecule has 130 valence electrons. The molecule has 1 heterocycles. The molecule has 0 unspecified atom stereocenters. The van der Waals surface area contributed by atoms with Crippen LogP contribution in [0.5, 0.6) is 0 Å². The monoisotopic (exact) mass is 349 g/mol. The minimum Gasteiger partial charge on any atom is -0.444 e. The van der Waals surface area contributed by atoms with Gasteiger partial charge in [-0.2, -0.15) is 0 Å². The highest BCUT2D eigenvalue weighted by Gasteiger charge is 2.18. The molecule has 1 aromatic heterocycles. The summed E-state index contributed by atoms with van der Waals surface area (Å²) in [6, 6.07) is 6.92. The SMILES string of the molecule is Cc1coc(-c2cccc(NC(=O)NCC[S@](=O)C(C)(C)C)c2)n1. The van der Waals surface area contributed by atoms with Crippen LogP contribution in [-0.4, -0.2) is 32.3 Å². The van der Waals surface area contributed by atoms with E-state index in [1.807, 2.05) is 39.8 Å². The Morgan fingerprint density at radius 2 is 2.08 bits per heavy atom. The predicted molar refractivity (Wildman–Crippen MR) is 96.5 cm³/mol. The lowest BCUT2D eigenvalue weighted by molar-refractivity contribution is 0.252. The molecule has 2 aromatic rings. The number of carbonyl (C=O) groups excluding carboxylic acids is 1. The van der Waals surface area contributed by atoms with Crippen LogP contribution in [0.25, 0.3) is 11.5 Å². The second-order valence-electron chi connectivity index (χ2n) is 6.42. The Balaban J connectivity index is 1.89. The molecule has 6 nitrogen and oxygen atoms in total. The third-order valence-electron chi connectivity index (χ3n) is 3.24. The predicted octanol–water partition coefficient (Wildman–Crippen LogP) is 3.32. The van der Waals surface area contributed by atoms with Crippen LogP contribution in [-0.2, 0) is 10.8 Å². The van der Waals surface area contributed by atoms with Crippen LogP contribution < -0.4 is 10.6 Å². The highest BCUT2D eigenvalue weighted by molar-refractivity contribution is 7.86. The number of rotatable bonds is 5. The maximum atomic E-state index is 11.9. The van der Waals surface area contributed by atoms with E-state index in [0.29, 0.717) is 23.9 Å². The quantitative estimate of drug-likeness (QED) is 0.867. The molecule has 1 atom stereocenters. The molecular formula is C17H23N3O3S. The summed E-state index contributed by atoms with van der Waals surface area (Å²) in [5.41, 5.74) is 2.22. The van der Waals surface area contributed by atoms with Crippen molar-refractivity contribution in [2.75, 3.05) is 17.6 Å². The summed E-state index contributed by atoms with van der Waals surface area (Å²) in [5.74, 6) is 0.934. The number of benzene rings is 1. The Morgan fingerprint density at radius 3 is 2.71 bits per heavy atom. The van der Waals surface area contributed by atoms with Gasteiger partial charge < -0.3 is 15.1 Å². The van der Waals surface area contributed by atoms with Gasteiger partial charge in [-0.05, 0) is 45.9 Å². The summed E-state index contributed by atoms with van der Waals surface area (Å²) in [5, 5.41) is 5.47. The molecule has 24 heavy (non-hydrogen) atoms. The number of nitrogens with one attached hydrogen (secondary N) is 2. The van der Waals surface area contributed by atoms with Gasteiger partial charge in [-0.15, -0.1) is 0 Å². The fourth-order valence-corrected chi connectivity index (χ4v) is 2.86. The van der Waals surface area contributed by atoms with Gasteiger partial charge in [0, 0.05) is 39.1 Å². The van der Waals surface area contributed by atoms with Crippen molar-refractivity contribution in [3.63, 3.8) is 0 Å². The first-order chi connectivity index (χ1) is 11.3. The van der Waals surface area contributed by atoms with Crippen LogP contribution in [0.2, 0.25) is 0 Å². The van der Waals surface area contributed by atoms with Gasteiger partial charge in [0.1, 0.15) is 6.26 Å². The molecule has 0 aliphatic rings. The van der Waals surface area contributed by atoms with Gasteiger partial charge in [0.2, 0.25) is 5.89 Å². The van der Waals surface area contributed by atoms with Crippen molar-refractivity contribution in [3.05, 3.63) is 36.2 Å². The molecule has 2 rings (SSSR count). The van der Waals surface area contributed by atoms with E-state index in [9.17, 15) is 9.00 Å². The molecule has 7 heteroatoms. The smallest absolute Gasteiger partial charge is 0.319 e. The Kier molecular flexibility index (Phi) is 5.77. The summed E-state index contributed by atoms with van der Waals surface area (Å²) >= 11 is 0. The van der Waals surface area contributed by atoms with E-state index in [1.54, 1.807) is 18.4 Å². The molecule has 0 aliphatic carbocycles. The first-order valence-corrected chi connectivity index (χ1v) is 9.03. The maximum Gasteiger partial charge on any atom is 0.319 e. The van der Waals surface area contributed by atoms with Crippen LogP contribution in [0, 0.1) is 6.92 Å². The molecule has 0 bridgehead atoms. The third-order valence-corrected chi connectivity index (χ3v) is 5.18. The molecule has 0 saturated carbocycles. The maximum absolute atomic E-state index is 11.9. The van der Waals surface area contributed by atoms with E-state index in [4.69, 9.17) is 4.42 Å². The topological polar surface area (TPSA) is 84.2 Å².